The molecule has 1 saturated heterocycles. The van der Waals surface area contributed by atoms with E-state index in [1.807, 2.05) is 17.8 Å². The Balaban J connectivity index is 2.19. The molecular weight excluding hydrogens is 252 g/mol. The van der Waals surface area contributed by atoms with Crippen LogP contribution in [0.2, 0.25) is 0 Å². The summed E-state index contributed by atoms with van der Waals surface area (Å²) in [5, 5.41) is 8.86. The van der Waals surface area contributed by atoms with Gasteiger partial charge in [0, 0.05) is 11.3 Å². The van der Waals surface area contributed by atoms with Crippen molar-refractivity contribution in [2.45, 2.75) is 18.9 Å². The van der Waals surface area contributed by atoms with Crippen molar-refractivity contribution in [3.8, 4) is 11.5 Å². The number of methoxy groups -OCH3 is 1. The van der Waals surface area contributed by atoms with Gasteiger partial charge in [0.1, 0.15) is 6.10 Å². The van der Waals surface area contributed by atoms with E-state index in [0.29, 0.717) is 17.1 Å². The van der Waals surface area contributed by atoms with Crippen molar-refractivity contribution < 1.29 is 19.4 Å². The van der Waals surface area contributed by atoms with E-state index in [2.05, 4.69) is 0 Å². The van der Waals surface area contributed by atoms with Gasteiger partial charge in [-0.15, -0.1) is 0 Å². The Hall–Kier alpha value is -1.36. The lowest BCUT2D eigenvalue weighted by molar-refractivity contribution is -0.136. The van der Waals surface area contributed by atoms with Gasteiger partial charge in [-0.2, -0.15) is 11.8 Å². The summed E-state index contributed by atoms with van der Waals surface area (Å²) in [7, 11) is 1.54. The van der Waals surface area contributed by atoms with E-state index in [1.54, 1.807) is 12.1 Å². The summed E-state index contributed by atoms with van der Waals surface area (Å²) in [4.78, 5) is 10.8. The number of ether oxygens (including phenoxy) is 2. The molecule has 1 heterocycles. The van der Waals surface area contributed by atoms with Crippen molar-refractivity contribution in [3.63, 3.8) is 0 Å². The van der Waals surface area contributed by atoms with Crippen LogP contribution in [0.15, 0.2) is 18.2 Å². The Morgan fingerprint density at radius 1 is 1.56 bits per heavy atom. The molecule has 1 atom stereocenters. The van der Waals surface area contributed by atoms with Crippen LogP contribution in [0.25, 0.3) is 0 Å². The van der Waals surface area contributed by atoms with Crippen molar-refractivity contribution in [2.24, 2.45) is 0 Å². The summed E-state index contributed by atoms with van der Waals surface area (Å²) >= 11 is 1.87. The number of para-hydroxylation sites is 1. The average molecular weight is 268 g/mol. The van der Waals surface area contributed by atoms with Gasteiger partial charge in [0.25, 0.3) is 0 Å². The quantitative estimate of drug-likeness (QED) is 0.887. The fourth-order valence-corrected chi connectivity index (χ4v) is 3.07. The highest BCUT2D eigenvalue weighted by Crippen LogP contribution is 2.34. The standard InChI is InChI=1S/C13H16O4S/c1-16-13-9(7-12(14)15)3-2-4-11(13)17-10-5-6-18-8-10/h2-4,10H,5-8H2,1H3,(H,14,15). The van der Waals surface area contributed by atoms with Crippen LogP contribution in [0.1, 0.15) is 12.0 Å². The van der Waals surface area contributed by atoms with Gasteiger partial charge in [-0.05, 0) is 18.2 Å². The number of hydrogen-bond donors (Lipinski definition) is 1. The van der Waals surface area contributed by atoms with Crippen LogP contribution in [0, 0.1) is 0 Å². The molecule has 1 N–H and O–H groups in total. The first-order valence-corrected chi connectivity index (χ1v) is 6.98. The highest BCUT2D eigenvalue weighted by Gasteiger charge is 2.20. The van der Waals surface area contributed by atoms with Crippen molar-refractivity contribution in [2.75, 3.05) is 18.6 Å². The zero-order valence-electron chi connectivity index (χ0n) is 10.2. The summed E-state index contributed by atoms with van der Waals surface area (Å²) < 4.78 is 11.2. The van der Waals surface area contributed by atoms with Gasteiger partial charge in [0.2, 0.25) is 0 Å². The van der Waals surface area contributed by atoms with Crippen LogP contribution < -0.4 is 9.47 Å². The molecule has 5 heteroatoms. The second-order valence-corrected chi connectivity index (χ2v) is 5.27. The van der Waals surface area contributed by atoms with E-state index in [-0.39, 0.29) is 12.5 Å². The summed E-state index contributed by atoms with van der Waals surface area (Å²) in [6.45, 7) is 0. The molecule has 1 aromatic rings. The van der Waals surface area contributed by atoms with E-state index >= 15 is 0 Å². The molecule has 98 valence electrons. The summed E-state index contributed by atoms with van der Waals surface area (Å²) in [6.07, 6.45) is 1.17. The fraction of sp³-hybridized carbons (Fsp3) is 0.462. The number of carboxylic acid groups (broad SMARTS) is 1. The Morgan fingerprint density at radius 3 is 3.00 bits per heavy atom. The second kappa shape index (κ2) is 6.00. The van der Waals surface area contributed by atoms with Gasteiger partial charge < -0.3 is 14.6 Å². The molecule has 1 fully saturated rings. The molecule has 4 nitrogen and oxygen atoms in total. The Morgan fingerprint density at radius 2 is 2.39 bits per heavy atom. The third kappa shape index (κ3) is 3.10. The lowest BCUT2D eigenvalue weighted by Gasteiger charge is -2.17. The predicted molar refractivity (Wildman–Crippen MR) is 70.7 cm³/mol. The van der Waals surface area contributed by atoms with Crippen molar-refractivity contribution in [3.05, 3.63) is 23.8 Å². The van der Waals surface area contributed by atoms with Crippen molar-refractivity contribution in [1.82, 2.24) is 0 Å². The average Bonchev–Trinajstić information content (AvgIpc) is 2.81. The minimum Gasteiger partial charge on any atom is -0.493 e. The fourth-order valence-electron chi connectivity index (χ4n) is 1.97. The van der Waals surface area contributed by atoms with Gasteiger partial charge in [-0.3, -0.25) is 4.79 Å². The van der Waals surface area contributed by atoms with Crippen molar-refractivity contribution in [1.29, 1.82) is 0 Å². The van der Waals surface area contributed by atoms with Crippen molar-refractivity contribution >= 4 is 17.7 Å². The second-order valence-electron chi connectivity index (χ2n) is 4.12. The molecule has 1 aromatic carbocycles. The molecule has 1 aliphatic heterocycles. The van der Waals surface area contributed by atoms with E-state index in [4.69, 9.17) is 14.6 Å². The van der Waals surface area contributed by atoms with Crippen LogP contribution in [0.3, 0.4) is 0 Å². The summed E-state index contributed by atoms with van der Waals surface area (Å²) in [5.41, 5.74) is 0.646. The molecule has 0 bridgehead atoms. The lowest BCUT2D eigenvalue weighted by Crippen LogP contribution is -2.15. The van der Waals surface area contributed by atoms with Crippen LogP contribution >= 0.6 is 11.8 Å². The third-order valence-electron chi connectivity index (χ3n) is 2.79. The molecule has 0 aromatic heterocycles. The van der Waals surface area contributed by atoms with E-state index < -0.39 is 5.97 Å². The normalized spacial score (nSPS) is 18.6. The number of aliphatic carboxylic acids is 1. The monoisotopic (exact) mass is 268 g/mol. The number of carbonyl (C=O) groups is 1. The molecule has 0 amide bonds. The molecule has 0 saturated carbocycles. The molecule has 2 rings (SSSR count). The molecule has 0 aliphatic carbocycles. The largest absolute Gasteiger partial charge is 0.493 e. The molecule has 0 spiro atoms. The van der Waals surface area contributed by atoms with E-state index in [9.17, 15) is 4.79 Å². The molecular formula is C13H16O4S. The zero-order chi connectivity index (χ0) is 13.0. The first-order valence-electron chi connectivity index (χ1n) is 5.82. The Bertz CT molecular complexity index is 427. The van der Waals surface area contributed by atoms with Crippen LogP contribution in [-0.2, 0) is 11.2 Å². The van der Waals surface area contributed by atoms with E-state index in [1.165, 1.54) is 7.11 Å². The Labute approximate surface area is 110 Å². The number of rotatable bonds is 5. The van der Waals surface area contributed by atoms with Crippen LogP contribution in [0.5, 0.6) is 11.5 Å². The highest BCUT2D eigenvalue weighted by molar-refractivity contribution is 7.99. The molecule has 18 heavy (non-hydrogen) atoms. The van der Waals surface area contributed by atoms with Gasteiger partial charge >= 0.3 is 5.97 Å². The minimum atomic E-state index is -0.873. The first-order chi connectivity index (χ1) is 8.70. The van der Waals surface area contributed by atoms with Gasteiger partial charge in [0.05, 0.1) is 13.5 Å². The van der Waals surface area contributed by atoms with Gasteiger partial charge in [-0.1, -0.05) is 12.1 Å². The lowest BCUT2D eigenvalue weighted by atomic mass is 10.1. The number of hydrogen-bond acceptors (Lipinski definition) is 4. The smallest absolute Gasteiger partial charge is 0.307 e. The maximum absolute atomic E-state index is 10.8. The third-order valence-corrected chi connectivity index (χ3v) is 3.92. The van der Waals surface area contributed by atoms with Crippen LogP contribution in [0.4, 0.5) is 0 Å². The van der Waals surface area contributed by atoms with Crippen LogP contribution in [-0.4, -0.2) is 35.8 Å². The SMILES string of the molecule is COc1c(CC(=O)O)cccc1OC1CCSC1. The molecule has 1 unspecified atom stereocenters. The maximum Gasteiger partial charge on any atom is 0.307 e. The summed E-state index contributed by atoms with van der Waals surface area (Å²) in [6, 6.07) is 5.38. The predicted octanol–water partition coefficient (Wildman–Crippen LogP) is 2.21. The minimum absolute atomic E-state index is 0.0558. The van der Waals surface area contributed by atoms with Gasteiger partial charge in [0.15, 0.2) is 11.5 Å². The topological polar surface area (TPSA) is 55.8 Å². The number of thioether (sulfide) groups is 1. The molecule has 1 aliphatic rings. The zero-order valence-corrected chi connectivity index (χ0v) is 11.0. The summed E-state index contributed by atoms with van der Waals surface area (Å²) in [5.74, 6) is 2.40. The highest BCUT2D eigenvalue weighted by atomic mass is 32.2. The maximum atomic E-state index is 10.8. The van der Waals surface area contributed by atoms with Gasteiger partial charge in [-0.25, -0.2) is 0 Å². The first kappa shape index (κ1) is 13.1. The van der Waals surface area contributed by atoms with E-state index in [0.717, 1.165) is 17.9 Å². The number of carboxylic acids is 1. The number of benzene rings is 1. The Kier molecular flexibility index (Phi) is 4.36. The molecule has 0 radical (unpaired) electrons.